The predicted molar refractivity (Wildman–Crippen MR) is 54.8 cm³/mol. The lowest BCUT2D eigenvalue weighted by atomic mass is 10.3. The van der Waals surface area contributed by atoms with Crippen molar-refractivity contribution in [3.05, 3.63) is 18.7 Å². The summed E-state index contributed by atoms with van der Waals surface area (Å²) in [5.74, 6) is -1.82. The Kier molecular flexibility index (Phi) is 3.43. The number of Topliss-reactive ketones (excluding diaryl/α,β-unsaturated/α-hetero) is 1. The summed E-state index contributed by atoms with van der Waals surface area (Å²) in [4.78, 5) is 11.2. The van der Waals surface area contributed by atoms with E-state index >= 15 is 0 Å². The molecule has 0 unspecified atom stereocenters. The van der Waals surface area contributed by atoms with Gasteiger partial charge in [-0.25, -0.2) is 0 Å². The first-order valence-corrected chi connectivity index (χ1v) is 5.71. The second-order valence-electron chi connectivity index (χ2n) is 2.44. The maximum Gasteiger partial charge on any atom is 0.455 e. The van der Waals surface area contributed by atoms with E-state index in [2.05, 4.69) is 31.9 Å². The molecule has 1 nitrogen and oxygen atoms in total. The molecule has 78 valence electrons. The van der Waals surface area contributed by atoms with Crippen LogP contribution in [0.5, 0.6) is 0 Å². The van der Waals surface area contributed by atoms with Gasteiger partial charge in [-0.05, 0) is 38.8 Å². The number of ketones is 1. The van der Waals surface area contributed by atoms with Crippen molar-refractivity contribution in [2.24, 2.45) is 0 Å². The fourth-order valence-electron chi connectivity index (χ4n) is 0.772. The van der Waals surface area contributed by atoms with Crippen LogP contribution in [0.15, 0.2) is 8.95 Å². The van der Waals surface area contributed by atoms with Crippen molar-refractivity contribution < 1.29 is 18.0 Å². The standard InChI is InChI=1S/C7H3Br2F3OS/c1-2-3(8)4(9)5(14-2)6(13)7(10,11)12/h1H3. The Hall–Kier alpha value is 0.120. The minimum absolute atomic E-state index is 0.169. The van der Waals surface area contributed by atoms with Crippen molar-refractivity contribution in [2.75, 3.05) is 0 Å². The third-order valence-electron chi connectivity index (χ3n) is 1.42. The minimum Gasteiger partial charge on any atom is -0.283 e. The Morgan fingerprint density at radius 1 is 1.29 bits per heavy atom. The number of carbonyl (C=O) groups excluding carboxylic acids is 1. The van der Waals surface area contributed by atoms with Crippen molar-refractivity contribution in [2.45, 2.75) is 13.1 Å². The van der Waals surface area contributed by atoms with E-state index in [4.69, 9.17) is 0 Å². The highest BCUT2D eigenvalue weighted by Gasteiger charge is 2.41. The van der Waals surface area contributed by atoms with Crippen LogP contribution in [0.2, 0.25) is 0 Å². The van der Waals surface area contributed by atoms with E-state index in [0.29, 0.717) is 9.35 Å². The highest BCUT2D eigenvalue weighted by Crippen LogP contribution is 2.39. The smallest absolute Gasteiger partial charge is 0.283 e. The number of halogens is 5. The first-order chi connectivity index (χ1) is 6.25. The lowest BCUT2D eigenvalue weighted by Gasteiger charge is -2.02. The molecule has 1 heterocycles. The fraction of sp³-hybridized carbons (Fsp3) is 0.286. The maximum atomic E-state index is 12.1. The molecule has 0 amide bonds. The van der Waals surface area contributed by atoms with Crippen LogP contribution in [-0.2, 0) is 0 Å². The van der Waals surface area contributed by atoms with Crippen LogP contribution >= 0.6 is 43.2 Å². The Bertz CT molecular complexity index is 383. The molecule has 0 saturated carbocycles. The number of rotatable bonds is 1. The lowest BCUT2D eigenvalue weighted by Crippen LogP contribution is -2.21. The van der Waals surface area contributed by atoms with Crippen molar-refractivity contribution >= 4 is 49.0 Å². The summed E-state index contributed by atoms with van der Waals surface area (Å²) >= 11 is 6.83. The van der Waals surface area contributed by atoms with Crippen LogP contribution in [0, 0.1) is 6.92 Å². The van der Waals surface area contributed by atoms with Crippen molar-refractivity contribution in [3.63, 3.8) is 0 Å². The molecule has 0 aromatic carbocycles. The second-order valence-corrected chi connectivity index (χ2v) is 5.25. The van der Waals surface area contributed by atoms with E-state index in [1.807, 2.05) is 0 Å². The molecule has 1 aromatic rings. The molecule has 0 saturated heterocycles. The zero-order valence-electron chi connectivity index (χ0n) is 6.71. The van der Waals surface area contributed by atoms with Crippen LogP contribution < -0.4 is 0 Å². The predicted octanol–water partition coefficient (Wildman–Crippen LogP) is 4.33. The lowest BCUT2D eigenvalue weighted by molar-refractivity contribution is -0.0882. The normalized spacial score (nSPS) is 11.9. The average molecular weight is 352 g/mol. The van der Waals surface area contributed by atoms with Crippen LogP contribution in [0.3, 0.4) is 0 Å². The Morgan fingerprint density at radius 3 is 2.07 bits per heavy atom. The van der Waals surface area contributed by atoms with E-state index in [-0.39, 0.29) is 9.35 Å². The number of hydrogen-bond donors (Lipinski definition) is 0. The Labute approximate surface area is 98.6 Å². The van der Waals surface area contributed by atoms with Gasteiger partial charge in [0.2, 0.25) is 0 Å². The summed E-state index contributed by atoms with van der Waals surface area (Å²) in [6.45, 7) is 1.63. The quantitative estimate of drug-likeness (QED) is 0.688. The molecule has 0 aliphatic rings. The van der Waals surface area contributed by atoms with E-state index in [9.17, 15) is 18.0 Å². The van der Waals surface area contributed by atoms with E-state index in [0.717, 1.165) is 11.3 Å². The second kappa shape index (κ2) is 3.94. The average Bonchev–Trinajstić information content (AvgIpc) is 2.30. The molecule has 0 atom stereocenters. The molecule has 0 fully saturated rings. The largest absolute Gasteiger partial charge is 0.455 e. The van der Waals surface area contributed by atoms with Crippen molar-refractivity contribution in [3.8, 4) is 0 Å². The summed E-state index contributed by atoms with van der Waals surface area (Å²) in [6.07, 6.45) is -4.82. The molecule has 0 spiro atoms. The first kappa shape index (κ1) is 12.2. The van der Waals surface area contributed by atoms with Crippen molar-refractivity contribution in [1.29, 1.82) is 0 Å². The van der Waals surface area contributed by atoms with Crippen LogP contribution in [0.25, 0.3) is 0 Å². The summed E-state index contributed by atoms with van der Waals surface area (Å²) in [7, 11) is 0. The van der Waals surface area contributed by atoms with Gasteiger partial charge in [0.1, 0.15) is 0 Å². The highest BCUT2D eigenvalue weighted by atomic mass is 79.9. The third kappa shape index (κ3) is 2.20. The topological polar surface area (TPSA) is 17.1 Å². The zero-order valence-corrected chi connectivity index (χ0v) is 10.7. The molecule has 14 heavy (non-hydrogen) atoms. The van der Waals surface area contributed by atoms with Crippen LogP contribution in [0.1, 0.15) is 14.5 Å². The van der Waals surface area contributed by atoms with Gasteiger partial charge in [0.05, 0.1) is 9.35 Å². The van der Waals surface area contributed by atoms with Gasteiger partial charge in [-0.2, -0.15) is 13.2 Å². The molecule has 7 heteroatoms. The summed E-state index contributed by atoms with van der Waals surface area (Å²) in [6, 6.07) is 0. The molecule has 0 bridgehead atoms. The van der Waals surface area contributed by atoms with Gasteiger partial charge in [0.15, 0.2) is 0 Å². The molecular weight excluding hydrogens is 349 g/mol. The highest BCUT2D eigenvalue weighted by molar-refractivity contribution is 9.13. The van der Waals surface area contributed by atoms with Gasteiger partial charge in [0, 0.05) is 9.35 Å². The summed E-state index contributed by atoms with van der Waals surface area (Å²) in [5, 5.41) is 0. The third-order valence-corrected chi connectivity index (χ3v) is 5.37. The number of hydrogen-bond acceptors (Lipinski definition) is 2. The molecule has 1 aromatic heterocycles. The van der Waals surface area contributed by atoms with Gasteiger partial charge in [-0.15, -0.1) is 11.3 Å². The summed E-state index contributed by atoms with van der Waals surface area (Å²) in [5.41, 5.74) is 0. The minimum atomic E-state index is -4.82. The molecule has 0 N–H and O–H groups in total. The number of aryl methyl sites for hydroxylation is 1. The van der Waals surface area contributed by atoms with E-state index in [1.165, 1.54) is 0 Å². The molecular formula is C7H3Br2F3OS. The molecule has 0 aliphatic carbocycles. The first-order valence-electron chi connectivity index (χ1n) is 3.31. The maximum absolute atomic E-state index is 12.1. The van der Waals surface area contributed by atoms with Gasteiger partial charge >= 0.3 is 6.18 Å². The van der Waals surface area contributed by atoms with Gasteiger partial charge in [0.25, 0.3) is 5.78 Å². The van der Waals surface area contributed by atoms with E-state index in [1.54, 1.807) is 6.92 Å². The van der Waals surface area contributed by atoms with Crippen LogP contribution in [-0.4, -0.2) is 12.0 Å². The Morgan fingerprint density at radius 2 is 1.79 bits per heavy atom. The van der Waals surface area contributed by atoms with Crippen molar-refractivity contribution in [1.82, 2.24) is 0 Å². The van der Waals surface area contributed by atoms with Gasteiger partial charge in [-0.1, -0.05) is 0 Å². The molecule has 0 aliphatic heterocycles. The SMILES string of the molecule is Cc1sc(C(=O)C(F)(F)F)c(Br)c1Br. The fourth-order valence-corrected chi connectivity index (χ4v) is 3.09. The summed E-state index contributed by atoms with van der Waals surface area (Å²) < 4.78 is 36.9. The number of carbonyl (C=O) groups is 1. The number of thiophene rings is 1. The molecule has 0 radical (unpaired) electrons. The van der Waals surface area contributed by atoms with Gasteiger partial charge in [-0.3, -0.25) is 4.79 Å². The Balaban J connectivity index is 3.22. The molecule has 1 rings (SSSR count). The van der Waals surface area contributed by atoms with Gasteiger partial charge < -0.3 is 0 Å². The number of alkyl halides is 3. The van der Waals surface area contributed by atoms with E-state index < -0.39 is 12.0 Å². The monoisotopic (exact) mass is 350 g/mol. The zero-order chi connectivity index (χ0) is 11.1. The van der Waals surface area contributed by atoms with Crippen LogP contribution in [0.4, 0.5) is 13.2 Å².